The van der Waals surface area contributed by atoms with E-state index in [1.54, 1.807) is 0 Å². The van der Waals surface area contributed by atoms with E-state index in [0.29, 0.717) is 6.42 Å². The van der Waals surface area contributed by atoms with Gasteiger partial charge in [0.2, 0.25) is 0 Å². The van der Waals surface area contributed by atoms with Crippen molar-refractivity contribution in [3.8, 4) is 0 Å². The van der Waals surface area contributed by atoms with Crippen LogP contribution in [-0.4, -0.2) is 5.78 Å². The molecule has 0 saturated heterocycles. The van der Waals surface area contributed by atoms with Gasteiger partial charge in [-0.05, 0) is 17.0 Å². The summed E-state index contributed by atoms with van der Waals surface area (Å²) in [6.45, 7) is 0. The van der Waals surface area contributed by atoms with Crippen LogP contribution in [0.5, 0.6) is 0 Å². The fourth-order valence-electron chi connectivity index (χ4n) is 1.35. The van der Waals surface area contributed by atoms with E-state index >= 15 is 0 Å². The Hall–Kier alpha value is -1.12. The number of rotatable bonds is 3. The molecule has 1 heterocycles. The first-order valence-electron chi connectivity index (χ1n) is 4.57. The highest BCUT2D eigenvalue weighted by Crippen LogP contribution is 2.21. The van der Waals surface area contributed by atoms with Crippen LogP contribution in [0.2, 0.25) is 4.34 Å². The molecule has 15 heavy (non-hydrogen) atoms. The van der Waals surface area contributed by atoms with Crippen molar-refractivity contribution < 1.29 is 4.79 Å². The minimum Gasteiger partial charge on any atom is -0.294 e. The molecule has 0 bridgehead atoms. The van der Waals surface area contributed by atoms with E-state index < -0.39 is 0 Å². The molecule has 0 fully saturated rings. The summed E-state index contributed by atoms with van der Waals surface area (Å²) in [5.74, 6) is 0.130. The van der Waals surface area contributed by atoms with E-state index in [0.717, 1.165) is 15.5 Å². The zero-order valence-electron chi connectivity index (χ0n) is 7.94. The monoisotopic (exact) mass is 236 g/mol. The predicted octanol–water partition coefficient (Wildman–Crippen LogP) is 3.83. The molecule has 0 unspecified atom stereocenters. The van der Waals surface area contributed by atoms with Crippen LogP contribution in [0.4, 0.5) is 0 Å². The summed E-state index contributed by atoms with van der Waals surface area (Å²) in [7, 11) is 0. The molecule has 0 aliphatic heterocycles. The van der Waals surface area contributed by atoms with Crippen molar-refractivity contribution in [1.29, 1.82) is 0 Å². The molecule has 1 aromatic carbocycles. The van der Waals surface area contributed by atoms with Crippen LogP contribution in [0.25, 0.3) is 0 Å². The van der Waals surface area contributed by atoms with Gasteiger partial charge < -0.3 is 0 Å². The predicted molar refractivity (Wildman–Crippen MR) is 63.8 cm³/mol. The number of halogens is 1. The number of hydrogen-bond donors (Lipinski definition) is 0. The molecule has 0 amide bonds. The van der Waals surface area contributed by atoms with Gasteiger partial charge in [-0.3, -0.25) is 4.79 Å². The summed E-state index contributed by atoms with van der Waals surface area (Å²) in [5.41, 5.74) is 1.73. The third-order valence-electron chi connectivity index (χ3n) is 2.08. The summed E-state index contributed by atoms with van der Waals surface area (Å²) < 4.78 is 0.728. The Balaban J connectivity index is 2.11. The van der Waals surface area contributed by atoms with Crippen LogP contribution >= 0.6 is 22.9 Å². The fraction of sp³-hybridized carbons (Fsp3) is 0.0833. The van der Waals surface area contributed by atoms with Gasteiger partial charge in [0.05, 0.1) is 4.34 Å². The molecule has 2 aromatic rings. The second kappa shape index (κ2) is 4.60. The van der Waals surface area contributed by atoms with Crippen molar-refractivity contribution in [2.24, 2.45) is 0 Å². The maximum absolute atomic E-state index is 11.8. The number of benzene rings is 1. The van der Waals surface area contributed by atoms with Crippen LogP contribution < -0.4 is 0 Å². The van der Waals surface area contributed by atoms with Gasteiger partial charge in [-0.25, -0.2) is 0 Å². The molecule has 2 rings (SSSR count). The van der Waals surface area contributed by atoms with Crippen LogP contribution in [0.1, 0.15) is 15.9 Å². The topological polar surface area (TPSA) is 17.1 Å². The van der Waals surface area contributed by atoms with Gasteiger partial charge in [0, 0.05) is 12.0 Å². The van der Waals surface area contributed by atoms with E-state index in [2.05, 4.69) is 0 Å². The zero-order chi connectivity index (χ0) is 10.7. The summed E-state index contributed by atoms with van der Waals surface area (Å²) in [4.78, 5) is 11.8. The molecule has 1 nitrogen and oxygen atoms in total. The first-order valence-corrected chi connectivity index (χ1v) is 5.82. The minimum atomic E-state index is 0.130. The lowest BCUT2D eigenvalue weighted by Crippen LogP contribution is -2.01. The van der Waals surface area contributed by atoms with Crippen molar-refractivity contribution in [2.75, 3.05) is 0 Å². The highest BCUT2D eigenvalue weighted by molar-refractivity contribution is 7.14. The Kier molecular flexibility index (Phi) is 3.19. The lowest BCUT2D eigenvalue weighted by atomic mass is 10.1. The Bertz CT molecular complexity index is 461. The molecule has 0 aliphatic rings. The largest absolute Gasteiger partial charge is 0.294 e. The Morgan fingerprint density at radius 1 is 1.27 bits per heavy atom. The molecule has 0 aliphatic carbocycles. The average Bonchev–Trinajstić information content (AvgIpc) is 2.65. The average molecular weight is 237 g/mol. The van der Waals surface area contributed by atoms with Gasteiger partial charge in [0.25, 0.3) is 0 Å². The van der Waals surface area contributed by atoms with Gasteiger partial charge >= 0.3 is 0 Å². The molecular weight excluding hydrogens is 228 g/mol. The first kappa shape index (κ1) is 10.4. The molecular formula is C12H9ClOS. The summed E-state index contributed by atoms with van der Waals surface area (Å²) in [5, 5.41) is 1.92. The SMILES string of the molecule is O=C(Cc1csc(Cl)c1)c1ccccc1. The van der Waals surface area contributed by atoms with Crippen molar-refractivity contribution in [2.45, 2.75) is 6.42 Å². The molecule has 0 atom stereocenters. The summed E-state index contributed by atoms with van der Waals surface area (Å²) in [6, 6.07) is 11.1. The minimum absolute atomic E-state index is 0.130. The molecule has 3 heteroatoms. The first-order chi connectivity index (χ1) is 7.25. The molecule has 76 valence electrons. The van der Waals surface area contributed by atoms with E-state index in [1.165, 1.54) is 11.3 Å². The van der Waals surface area contributed by atoms with Crippen molar-refractivity contribution in [3.63, 3.8) is 0 Å². The van der Waals surface area contributed by atoms with Crippen molar-refractivity contribution >= 4 is 28.7 Å². The van der Waals surface area contributed by atoms with E-state index in [9.17, 15) is 4.79 Å². The maximum Gasteiger partial charge on any atom is 0.167 e. The third-order valence-corrected chi connectivity index (χ3v) is 3.22. The maximum atomic E-state index is 11.8. The third kappa shape index (κ3) is 2.67. The van der Waals surface area contributed by atoms with Crippen LogP contribution in [0.15, 0.2) is 41.8 Å². The molecule has 0 N–H and O–H groups in total. The highest BCUT2D eigenvalue weighted by Gasteiger charge is 2.07. The van der Waals surface area contributed by atoms with Gasteiger partial charge in [0.15, 0.2) is 5.78 Å². The zero-order valence-corrected chi connectivity index (χ0v) is 9.52. The Labute approximate surface area is 97.3 Å². The molecule has 1 aromatic heterocycles. The summed E-state index contributed by atoms with van der Waals surface area (Å²) in [6.07, 6.45) is 0.424. The second-order valence-corrected chi connectivity index (χ2v) is 4.77. The Morgan fingerprint density at radius 2 is 2.00 bits per heavy atom. The number of carbonyl (C=O) groups excluding carboxylic acids is 1. The Morgan fingerprint density at radius 3 is 2.60 bits per heavy atom. The molecule has 0 saturated carbocycles. The molecule has 0 radical (unpaired) electrons. The van der Waals surface area contributed by atoms with Gasteiger partial charge in [-0.15, -0.1) is 11.3 Å². The lowest BCUT2D eigenvalue weighted by Gasteiger charge is -1.97. The number of Topliss-reactive ketones (excluding diaryl/α,β-unsaturated/α-hetero) is 1. The van der Waals surface area contributed by atoms with Crippen molar-refractivity contribution in [1.82, 2.24) is 0 Å². The van der Waals surface area contributed by atoms with Crippen LogP contribution in [-0.2, 0) is 6.42 Å². The second-order valence-electron chi connectivity index (χ2n) is 3.23. The van der Waals surface area contributed by atoms with Crippen molar-refractivity contribution in [3.05, 3.63) is 57.2 Å². The quantitative estimate of drug-likeness (QED) is 0.741. The van der Waals surface area contributed by atoms with Crippen LogP contribution in [0.3, 0.4) is 0 Å². The normalized spacial score (nSPS) is 10.2. The number of thiophene rings is 1. The highest BCUT2D eigenvalue weighted by atomic mass is 35.5. The van der Waals surface area contributed by atoms with E-state index in [-0.39, 0.29) is 5.78 Å². The lowest BCUT2D eigenvalue weighted by molar-refractivity contribution is 0.0993. The smallest absolute Gasteiger partial charge is 0.167 e. The number of hydrogen-bond acceptors (Lipinski definition) is 2. The van der Waals surface area contributed by atoms with Gasteiger partial charge in [0.1, 0.15) is 0 Å². The van der Waals surface area contributed by atoms with Gasteiger partial charge in [-0.2, -0.15) is 0 Å². The van der Waals surface area contributed by atoms with Gasteiger partial charge in [-0.1, -0.05) is 41.9 Å². The fourth-order valence-corrected chi connectivity index (χ4v) is 2.26. The molecule has 0 spiro atoms. The summed E-state index contributed by atoms with van der Waals surface area (Å²) >= 11 is 7.25. The van der Waals surface area contributed by atoms with Crippen LogP contribution in [0, 0.1) is 0 Å². The van der Waals surface area contributed by atoms with E-state index in [4.69, 9.17) is 11.6 Å². The number of carbonyl (C=O) groups is 1. The standard InChI is InChI=1S/C12H9ClOS/c13-12-7-9(8-15-12)6-11(14)10-4-2-1-3-5-10/h1-5,7-8H,6H2. The number of ketones is 1. The van der Waals surface area contributed by atoms with E-state index in [1.807, 2.05) is 41.8 Å².